The minimum absolute atomic E-state index is 0.200. The van der Waals surface area contributed by atoms with E-state index in [1.54, 1.807) is 19.1 Å². The molecule has 8 heteroatoms. The van der Waals surface area contributed by atoms with Crippen LogP contribution < -0.4 is 10.5 Å². The number of rotatable bonds is 3. The van der Waals surface area contributed by atoms with Gasteiger partial charge in [0.05, 0.1) is 5.69 Å². The van der Waals surface area contributed by atoms with Crippen LogP contribution in [0.5, 0.6) is 0 Å². The first-order valence-electron chi connectivity index (χ1n) is 5.74. The highest BCUT2D eigenvalue weighted by Crippen LogP contribution is 2.29. The third kappa shape index (κ3) is 3.33. The number of hydrogen-bond donors (Lipinski definition) is 2. The first kappa shape index (κ1) is 15.7. The molecule has 2 rings (SSSR count). The van der Waals surface area contributed by atoms with Crippen molar-refractivity contribution in [1.82, 2.24) is 0 Å². The molecule has 0 unspecified atom stereocenters. The highest BCUT2D eigenvalue weighted by atomic mass is 79.9. The summed E-state index contributed by atoms with van der Waals surface area (Å²) in [5.41, 5.74) is 6.80. The molecule has 0 aliphatic carbocycles. The van der Waals surface area contributed by atoms with Gasteiger partial charge >= 0.3 is 0 Å². The summed E-state index contributed by atoms with van der Waals surface area (Å²) in [4.78, 5) is -0.661. The van der Waals surface area contributed by atoms with Crippen molar-refractivity contribution >= 4 is 37.3 Å². The maximum absolute atomic E-state index is 13.8. The van der Waals surface area contributed by atoms with E-state index in [0.717, 1.165) is 6.07 Å². The molecular weight excluding hydrogens is 366 g/mol. The van der Waals surface area contributed by atoms with Gasteiger partial charge in [-0.25, -0.2) is 17.2 Å². The lowest BCUT2D eigenvalue weighted by molar-refractivity contribution is 0.548. The lowest BCUT2D eigenvalue weighted by Crippen LogP contribution is -2.16. The number of nitrogens with one attached hydrogen (secondary N) is 1. The summed E-state index contributed by atoms with van der Waals surface area (Å²) in [5.74, 6) is -2.06. The average Bonchev–Trinajstić information content (AvgIpc) is 2.31. The monoisotopic (exact) mass is 376 g/mol. The number of nitrogens with two attached hydrogens (primary N) is 1. The Balaban J connectivity index is 2.51. The molecule has 0 aliphatic heterocycles. The molecule has 21 heavy (non-hydrogen) atoms. The Hall–Kier alpha value is -1.67. The number of benzene rings is 2. The second kappa shape index (κ2) is 5.61. The van der Waals surface area contributed by atoms with Crippen LogP contribution in [0.2, 0.25) is 0 Å². The molecule has 0 bridgehead atoms. The van der Waals surface area contributed by atoms with Crippen LogP contribution in [-0.2, 0) is 10.0 Å². The Morgan fingerprint density at radius 3 is 2.48 bits per heavy atom. The van der Waals surface area contributed by atoms with Gasteiger partial charge in [0.15, 0.2) is 0 Å². The van der Waals surface area contributed by atoms with Gasteiger partial charge in [-0.2, -0.15) is 0 Å². The number of anilines is 2. The van der Waals surface area contributed by atoms with Gasteiger partial charge < -0.3 is 5.73 Å². The number of halogens is 3. The van der Waals surface area contributed by atoms with Gasteiger partial charge in [-0.15, -0.1) is 0 Å². The Bertz CT molecular complexity index is 787. The normalized spacial score (nSPS) is 11.4. The molecule has 0 spiro atoms. The molecule has 0 heterocycles. The molecule has 0 radical (unpaired) electrons. The minimum Gasteiger partial charge on any atom is -0.399 e. The van der Waals surface area contributed by atoms with E-state index in [4.69, 9.17) is 5.73 Å². The lowest BCUT2D eigenvalue weighted by Gasteiger charge is -2.13. The maximum atomic E-state index is 13.8. The fraction of sp³-hybridized carbons (Fsp3) is 0.0769. The van der Waals surface area contributed by atoms with Crippen molar-refractivity contribution in [3.8, 4) is 0 Å². The maximum Gasteiger partial charge on any atom is 0.265 e. The van der Waals surface area contributed by atoms with Crippen LogP contribution in [0.4, 0.5) is 20.2 Å². The largest absolute Gasteiger partial charge is 0.399 e. The predicted octanol–water partition coefficient (Wildman–Crippen LogP) is 3.42. The van der Waals surface area contributed by atoms with E-state index < -0.39 is 26.6 Å². The summed E-state index contributed by atoms with van der Waals surface area (Å²) >= 11 is 2.86. The smallest absolute Gasteiger partial charge is 0.265 e. The summed E-state index contributed by atoms with van der Waals surface area (Å²) in [6.07, 6.45) is 0. The zero-order valence-electron chi connectivity index (χ0n) is 10.8. The van der Waals surface area contributed by atoms with Crippen LogP contribution in [0.25, 0.3) is 0 Å². The van der Waals surface area contributed by atoms with Gasteiger partial charge in [-0.1, -0.05) is 6.07 Å². The first-order valence-corrected chi connectivity index (χ1v) is 8.02. The summed E-state index contributed by atoms with van der Waals surface area (Å²) in [7, 11) is -4.22. The third-order valence-corrected chi connectivity index (χ3v) is 5.07. The molecule has 0 atom stereocenters. The van der Waals surface area contributed by atoms with Crippen LogP contribution in [0.3, 0.4) is 0 Å². The highest BCUT2D eigenvalue weighted by Gasteiger charge is 2.24. The molecule has 0 aliphatic rings. The van der Waals surface area contributed by atoms with E-state index in [1.165, 1.54) is 6.07 Å². The number of sulfonamides is 1. The van der Waals surface area contributed by atoms with Gasteiger partial charge in [0.1, 0.15) is 16.5 Å². The van der Waals surface area contributed by atoms with Crippen molar-refractivity contribution in [2.24, 2.45) is 0 Å². The molecular formula is C13H11BrF2N2O2S. The summed E-state index contributed by atoms with van der Waals surface area (Å²) in [6, 6.07) is 6.04. The first-order chi connectivity index (χ1) is 9.70. The quantitative estimate of drug-likeness (QED) is 0.806. The van der Waals surface area contributed by atoms with E-state index >= 15 is 0 Å². The van der Waals surface area contributed by atoms with Crippen LogP contribution in [0.15, 0.2) is 39.7 Å². The fourth-order valence-electron chi connectivity index (χ4n) is 1.73. The van der Waals surface area contributed by atoms with Crippen molar-refractivity contribution in [2.75, 3.05) is 10.5 Å². The fourth-order valence-corrected chi connectivity index (χ4v) is 4.02. The van der Waals surface area contributed by atoms with Crippen molar-refractivity contribution < 1.29 is 17.2 Å². The zero-order valence-corrected chi connectivity index (χ0v) is 13.2. The minimum atomic E-state index is -4.22. The van der Waals surface area contributed by atoms with Crippen LogP contribution in [-0.4, -0.2) is 8.42 Å². The van der Waals surface area contributed by atoms with E-state index in [0.29, 0.717) is 17.3 Å². The second-order valence-electron chi connectivity index (χ2n) is 4.38. The SMILES string of the molecule is Cc1ccc(N)cc1NS(=O)(=O)c1c(F)cc(F)cc1Br. The van der Waals surface area contributed by atoms with Crippen molar-refractivity contribution in [1.29, 1.82) is 0 Å². The van der Waals surface area contributed by atoms with E-state index in [1.807, 2.05) is 0 Å². The molecule has 2 aromatic carbocycles. The van der Waals surface area contributed by atoms with Crippen molar-refractivity contribution in [3.05, 3.63) is 52.0 Å². The number of nitrogen functional groups attached to an aromatic ring is 1. The molecule has 0 amide bonds. The molecule has 112 valence electrons. The van der Waals surface area contributed by atoms with Gasteiger partial charge in [-0.3, -0.25) is 4.72 Å². The highest BCUT2D eigenvalue weighted by molar-refractivity contribution is 9.10. The van der Waals surface area contributed by atoms with E-state index in [9.17, 15) is 17.2 Å². The van der Waals surface area contributed by atoms with E-state index in [-0.39, 0.29) is 10.2 Å². The van der Waals surface area contributed by atoms with Gasteiger partial charge in [0.25, 0.3) is 10.0 Å². The molecule has 2 aromatic rings. The van der Waals surface area contributed by atoms with Crippen molar-refractivity contribution in [2.45, 2.75) is 11.8 Å². The van der Waals surface area contributed by atoms with Gasteiger partial charge in [0, 0.05) is 16.2 Å². The Morgan fingerprint density at radius 2 is 1.86 bits per heavy atom. The molecule has 0 saturated heterocycles. The lowest BCUT2D eigenvalue weighted by atomic mass is 10.2. The standard InChI is InChI=1S/C13H11BrF2N2O2S/c1-7-2-3-9(17)6-12(7)18-21(19,20)13-10(14)4-8(15)5-11(13)16/h2-6,18H,17H2,1H3. The Labute approximate surface area is 129 Å². The summed E-state index contributed by atoms with van der Waals surface area (Å²) in [5, 5.41) is 0. The van der Waals surface area contributed by atoms with Crippen molar-refractivity contribution in [3.63, 3.8) is 0 Å². The predicted molar refractivity (Wildman–Crippen MR) is 80.5 cm³/mol. The molecule has 0 fully saturated rings. The third-order valence-electron chi connectivity index (χ3n) is 2.74. The Kier molecular flexibility index (Phi) is 4.20. The van der Waals surface area contributed by atoms with E-state index in [2.05, 4.69) is 20.7 Å². The number of hydrogen-bond acceptors (Lipinski definition) is 3. The molecule has 4 nitrogen and oxygen atoms in total. The summed E-state index contributed by atoms with van der Waals surface area (Å²) < 4.78 is 53.4. The van der Waals surface area contributed by atoms with Crippen LogP contribution >= 0.6 is 15.9 Å². The molecule has 3 N–H and O–H groups in total. The molecule has 0 saturated carbocycles. The molecule has 0 aromatic heterocycles. The van der Waals surface area contributed by atoms with Gasteiger partial charge in [0.2, 0.25) is 0 Å². The number of aryl methyl sites for hydroxylation is 1. The average molecular weight is 377 g/mol. The van der Waals surface area contributed by atoms with Crippen LogP contribution in [0, 0.1) is 18.6 Å². The summed E-state index contributed by atoms with van der Waals surface area (Å²) in [6.45, 7) is 1.67. The van der Waals surface area contributed by atoms with Gasteiger partial charge in [-0.05, 0) is 46.6 Å². The second-order valence-corrected chi connectivity index (χ2v) is 6.85. The topological polar surface area (TPSA) is 72.2 Å². The van der Waals surface area contributed by atoms with Crippen LogP contribution in [0.1, 0.15) is 5.56 Å². The zero-order chi connectivity index (χ0) is 15.8. The Morgan fingerprint density at radius 1 is 1.19 bits per heavy atom.